The highest BCUT2D eigenvalue weighted by Gasteiger charge is 2.15. The first-order valence-electron chi connectivity index (χ1n) is 10.0. The summed E-state index contributed by atoms with van der Waals surface area (Å²) in [5, 5.41) is 4.31. The van der Waals surface area contributed by atoms with Crippen molar-refractivity contribution in [3.05, 3.63) is 64.7 Å². The second-order valence-electron chi connectivity index (χ2n) is 7.23. The lowest BCUT2D eigenvalue weighted by atomic mass is 10.2. The number of anilines is 3. The summed E-state index contributed by atoms with van der Waals surface area (Å²) < 4.78 is 7.04. The minimum absolute atomic E-state index is 0.0479. The van der Waals surface area contributed by atoms with E-state index in [0.29, 0.717) is 45.0 Å². The number of nitrogens with zero attached hydrogens (tertiary/aromatic N) is 5. The SMILES string of the molecule is COc1ccccc1Nc1nc(N)nc(CSc2nc3ccccc3c(=O)n2C(C)C)n1. The summed E-state index contributed by atoms with van der Waals surface area (Å²) in [7, 11) is 1.59. The number of aromatic nitrogens is 5. The van der Waals surface area contributed by atoms with Gasteiger partial charge in [-0.25, -0.2) is 4.98 Å². The van der Waals surface area contributed by atoms with Crippen molar-refractivity contribution < 1.29 is 4.74 Å². The number of ether oxygens (including phenoxy) is 1. The van der Waals surface area contributed by atoms with Gasteiger partial charge < -0.3 is 15.8 Å². The van der Waals surface area contributed by atoms with Crippen LogP contribution in [-0.2, 0) is 5.75 Å². The first kappa shape index (κ1) is 21.6. The Morgan fingerprint density at radius 3 is 2.59 bits per heavy atom. The molecule has 0 saturated carbocycles. The molecule has 2 heterocycles. The molecular weight excluding hydrogens is 426 g/mol. The van der Waals surface area contributed by atoms with Gasteiger partial charge in [0.1, 0.15) is 11.6 Å². The van der Waals surface area contributed by atoms with E-state index in [1.165, 1.54) is 11.8 Å². The Kier molecular flexibility index (Phi) is 6.22. The summed E-state index contributed by atoms with van der Waals surface area (Å²) in [6.45, 7) is 3.91. The van der Waals surface area contributed by atoms with E-state index in [0.717, 1.165) is 0 Å². The van der Waals surface area contributed by atoms with Gasteiger partial charge >= 0.3 is 0 Å². The Bertz CT molecular complexity index is 1320. The molecule has 32 heavy (non-hydrogen) atoms. The number of nitrogens with two attached hydrogens (primary N) is 1. The number of hydrogen-bond acceptors (Lipinski definition) is 9. The zero-order valence-corrected chi connectivity index (χ0v) is 18.8. The summed E-state index contributed by atoms with van der Waals surface area (Å²) in [6.07, 6.45) is 0. The number of fused-ring (bicyclic) bond motifs is 1. The van der Waals surface area contributed by atoms with Crippen LogP contribution in [0.1, 0.15) is 25.7 Å². The number of nitrogen functional groups attached to an aromatic ring is 1. The molecule has 0 atom stereocenters. The lowest BCUT2D eigenvalue weighted by Gasteiger charge is -2.16. The predicted octanol–water partition coefficient (Wildman–Crippen LogP) is 3.79. The molecule has 0 aliphatic rings. The summed E-state index contributed by atoms with van der Waals surface area (Å²) in [4.78, 5) is 30.6. The minimum atomic E-state index is -0.0678. The smallest absolute Gasteiger partial charge is 0.262 e. The number of para-hydroxylation sites is 3. The maximum atomic E-state index is 13.0. The van der Waals surface area contributed by atoms with Crippen LogP contribution in [0, 0.1) is 0 Å². The highest BCUT2D eigenvalue weighted by atomic mass is 32.2. The molecular formula is C22H23N7O2S. The maximum Gasteiger partial charge on any atom is 0.262 e. The molecule has 0 aliphatic carbocycles. The molecule has 3 N–H and O–H groups in total. The normalized spacial score (nSPS) is 11.1. The molecule has 0 aliphatic heterocycles. The second-order valence-corrected chi connectivity index (χ2v) is 8.17. The van der Waals surface area contributed by atoms with Crippen LogP contribution in [0.25, 0.3) is 10.9 Å². The fourth-order valence-electron chi connectivity index (χ4n) is 3.24. The van der Waals surface area contributed by atoms with Gasteiger partial charge in [0.25, 0.3) is 5.56 Å². The Morgan fingerprint density at radius 1 is 1.06 bits per heavy atom. The van der Waals surface area contributed by atoms with Crippen molar-refractivity contribution in [1.29, 1.82) is 0 Å². The van der Waals surface area contributed by atoms with Crippen LogP contribution in [0.5, 0.6) is 5.75 Å². The highest BCUT2D eigenvalue weighted by Crippen LogP contribution is 2.27. The molecule has 4 aromatic rings. The minimum Gasteiger partial charge on any atom is -0.495 e. The van der Waals surface area contributed by atoms with Gasteiger partial charge in [-0.3, -0.25) is 9.36 Å². The molecule has 10 heteroatoms. The number of thioether (sulfide) groups is 1. The van der Waals surface area contributed by atoms with E-state index in [1.54, 1.807) is 17.7 Å². The number of rotatable bonds is 7. The zero-order valence-electron chi connectivity index (χ0n) is 17.9. The van der Waals surface area contributed by atoms with Crippen molar-refractivity contribution in [3.8, 4) is 5.75 Å². The number of hydrogen-bond donors (Lipinski definition) is 2. The van der Waals surface area contributed by atoms with Gasteiger partial charge in [0.2, 0.25) is 11.9 Å². The van der Waals surface area contributed by atoms with Crippen LogP contribution >= 0.6 is 11.8 Å². The van der Waals surface area contributed by atoms with Crippen molar-refractivity contribution in [1.82, 2.24) is 24.5 Å². The van der Waals surface area contributed by atoms with Gasteiger partial charge in [-0.1, -0.05) is 36.0 Å². The van der Waals surface area contributed by atoms with E-state index in [2.05, 4.69) is 20.3 Å². The van der Waals surface area contributed by atoms with Crippen LogP contribution in [-0.4, -0.2) is 31.6 Å². The van der Waals surface area contributed by atoms with E-state index in [1.807, 2.05) is 56.3 Å². The third-order valence-corrected chi connectivity index (χ3v) is 5.62. The summed E-state index contributed by atoms with van der Waals surface area (Å²) in [6, 6.07) is 14.7. The van der Waals surface area contributed by atoms with E-state index in [4.69, 9.17) is 15.5 Å². The topological polar surface area (TPSA) is 121 Å². The largest absolute Gasteiger partial charge is 0.495 e. The number of methoxy groups -OCH3 is 1. The highest BCUT2D eigenvalue weighted by molar-refractivity contribution is 7.98. The van der Waals surface area contributed by atoms with Gasteiger partial charge in [-0.2, -0.15) is 15.0 Å². The molecule has 0 saturated heterocycles. The van der Waals surface area contributed by atoms with Gasteiger partial charge in [-0.15, -0.1) is 0 Å². The van der Waals surface area contributed by atoms with Crippen LogP contribution in [0.15, 0.2) is 58.5 Å². The monoisotopic (exact) mass is 449 g/mol. The second kappa shape index (κ2) is 9.23. The maximum absolute atomic E-state index is 13.0. The van der Waals surface area contributed by atoms with E-state index >= 15 is 0 Å². The van der Waals surface area contributed by atoms with Gasteiger partial charge in [0, 0.05) is 6.04 Å². The van der Waals surface area contributed by atoms with Gasteiger partial charge in [0.05, 0.1) is 29.5 Å². The van der Waals surface area contributed by atoms with Crippen LogP contribution < -0.4 is 21.3 Å². The molecule has 0 amide bonds. The van der Waals surface area contributed by atoms with Crippen molar-refractivity contribution >= 4 is 40.2 Å². The van der Waals surface area contributed by atoms with E-state index in [-0.39, 0.29) is 17.5 Å². The molecule has 0 radical (unpaired) electrons. The third kappa shape index (κ3) is 4.50. The molecule has 0 spiro atoms. The molecule has 9 nitrogen and oxygen atoms in total. The molecule has 164 valence electrons. The van der Waals surface area contributed by atoms with E-state index in [9.17, 15) is 4.79 Å². The standard InChI is InChI=1S/C22H23N7O2S/c1-13(2)29-19(30)14-8-4-5-9-15(14)25-22(29)32-12-18-26-20(23)28-21(27-18)24-16-10-6-7-11-17(16)31-3/h4-11,13H,12H2,1-3H3,(H3,23,24,26,27,28). The lowest BCUT2D eigenvalue weighted by Crippen LogP contribution is -2.25. The quantitative estimate of drug-likeness (QED) is 0.320. The van der Waals surface area contributed by atoms with Crippen molar-refractivity contribution in [3.63, 3.8) is 0 Å². The fourth-order valence-corrected chi connectivity index (χ4v) is 4.22. The zero-order chi connectivity index (χ0) is 22.7. The van der Waals surface area contributed by atoms with Crippen LogP contribution in [0.4, 0.5) is 17.6 Å². The number of benzene rings is 2. The third-order valence-electron chi connectivity index (χ3n) is 4.67. The van der Waals surface area contributed by atoms with Crippen molar-refractivity contribution in [2.45, 2.75) is 30.8 Å². The molecule has 0 bridgehead atoms. The first-order chi connectivity index (χ1) is 15.5. The Hall–Kier alpha value is -3.66. The van der Waals surface area contributed by atoms with Gasteiger partial charge in [0.15, 0.2) is 5.16 Å². The van der Waals surface area contributed by atoms with Crippen LogP contribution in [0.2, 0.25) is 0 Å². The first-order valence-corrected chi connectivity index (χ1v) is 11.0. The average molecular weight is 450 g/mol. The summed E-state index contributed by atoms with van der Waals surface area (Å²) in [5.41, 5.74) is 7.22. The predicted molar refractivity (Wildman–Crippen MR) is 126 cm³/mol. The van der Waals surface area contributed by atoms with Gasteiger partial charge in [-0.05, 0) is 38.1 Å². The Morgan fingerprint density at radius 2 is 1.81 bits per heavy atom. The molecule has 0 unspecified atom stereocenters. The molecule has 4 rings (SSSR count). The molecule has 0 fully saturated rings. The Labute approximate surface area is 189 Å². The van der Waals surface area contributed by atoms with E-state index < -0.39 is 0 Å². The lowest BCUT2D eigenvalue weighted by molar-refractivity contribution is 0.417. The van der Waals surface area contributed by atoms with Crippen molar-refractivity contribution in [2.24, 2.45) is 0 Å². The summed E-state index contributed by atoms with van der Waals surface area (Å²) >= 11 is 1.38. The Balaban J connectivity index is 1.62. The molecule has 2 aromatic heterocycles. The summed E-state index contributed by atoms with van der Waals surface area (Å²) in [5.74, 6) is 1.90. The molecule has 2 aromatic carbocycles. The van der Waals surface area contributed by atoms with Crippen LogP contribution in [0.3, 0.4) is 0 Å². The van der Waals surface area contributed by atoms with Crippen molar-refractivity contribution in [2.75, 3.05) is 18.2 Å². The fraction of sp³-hybridized carbons (Fsp3) is 0.227. The number of nitrogens with one attached hydrogen (secondary N) is 1. The average Bonchev–Trinajstić information content (AvgIpc) is 2.77.